The number of benzene rings is 1. The zero-order chi connectivity index (χ0) is 11.4. The van der Waals surface area contributed by atoms with Crippen molar-refractivity contribution in [2.45, 2.75) is 13.8 Å². The Morgan fingerprint density at radius 2 is 1.44 bits per heavy atom. The predicted molar refractivity (Wildman–Crippen MR) is 74.4 cm³/mol. The minimum absolute atomic E-state index is 0.236. The molecular weight excluding hydrogens is 213 g/mol. The van der Waals surface area contributed by atoms with Gasteiger partial charge in [-0.3, -0.25) is 4.67 Å². The highest BCUT2D eigenvalue weighted by Crippen LogP contribution is 2.45. The van der Waals surface area contributed by atoms with Gasteiger partial charge in [0.25, 0.3) is 0 Å². The van der Waals surface area contributed by atoms with Gasteiger partial charge in [0.1, 0.15) is 0 Å². The van der Waals surface area contributed by atoms with E-state index < -0.39 is 0 Å². The van der Waals surface area contributed by atoms with Crippen LogP contribution in [-0.4, -0.2) is 17.8 Å². The summed E-state index contributed by atoms with van der Waals surface area (Å²) in [4.78, 5) is 0. The van der Waals surface area contributed by atoms with E-state index in [1.54, 1.807) is 0 Å². The molecule has 2 heteroatoms. The molecule has 0 radical (unpaired) electrons. The van der Waals surface area contributed by atoms with Gasteiger partial charge in [-0.05, 0) is 35.9 Å². The van der Waals surface area contributed by atoms with Crippen LogP contribution in [0.25, 0.3) is 12.2 Å². The third-order valence-corrected chi connectivity index (χ3v) is 4.99. The summed E-state index contributed by atoms with van der Waals surface area (Å²) in [7, 11) is -0.236. The van der Waals surface area contributed by atoms with Gasteiger partial charge in [-0.1, -0.05) is 50.3 Å². The Bertz CT molecular complexity index is 372. The van der Waals surface area contributed by atoms with Gasteiger partial charge in [-0.2, -0.15) is 0 Å². The summed E-state index contributed by atoms with van der Waals surface area (Å²) in [6, 6.07) is 8.55. The van der Waals surface area contributed by atoms with Crippen LogP contribution in [0.5, 0.6) is 0 Å². The fourth-order valence-corrected chi connectivity index (χ4v) is 3.67. The van der Waals surface area contributed by atoms with Crippen LogP contribution < -0.4 is 0 Å². The molecule has 16 heavy (non-hydrogen) atoms. The predicted octanol–water partition coefficient (Wildman–Crippen LogP) is 4.38. The van der Waals surface area contributed by atoms with Gasteiger partial charge < -0.3 is 0 Å². The fraction of sp³-hybridized carbons (Fsp3) is 0.286. The minimum atomic E-state index is -0.236. The molecule has 0 unspecified atom stereocenters. The molecule has 84 valence electrons. The maximum absolute atomic E-state index is 2.51. The molecule has 1 heterocycles. The molecule has 0 amide bonds. The molecule has 2 rings (SSSR count). The van der Waals surface area contributed by atoms with Crippen LogP contribution in [0, 0.1) is 0 Å². The smallest absolute Gasteiger partial charge is 0.0130 e. The lowest BCUT2D eigenvalue weighted by Crippen LogP contribution is -2.14. The van der Waals surface area contributed by atoms with E-state index in [2.05, 4.69) is 66.6 Å². The Morgan fingerprint density at radius 3 is 1.88 bits per heavy atom. The maximum atomic E-state index is 2.51. The molecule has 0 saturated heterocycles. The van der Waals surface area contributed by atoms with Crippen LogP contribution in [0.3, 0.4) is 0 Å². The third-order valence-electron chi connectivity index (χ3n) is 2.87. The molecule has 0 spiro atoms. The Balaban J connectivity index is 2.27. The number of fused-ring (bicyclic) bond motifs is 1. The topological polar surface area (TPSA) is 3.24 Å². The van der Waals surface area contributed by atoms with Crippen LogP contribution in [-0.2, 0) is 0 Å². The van der Waals surface area contributed by atoms with Crippen molar-refractivity contribution in [1.29, 1.82) is 0 Å². The van der Waals surface area contributed by atoms with Crippen molar-refractivity contribution in [3.05, 3.63) is 47.0 Å². The normalized spacial score (nSPS) is 15.2. The van der Waals surface area contributed by atoms with Gasteiger partial charge in [0.05, 0.1) is 0 Å². The molecule has 0 atom stereocenters. The molecule has 1 nitrogen and oxygen atoms in total. The van der Waals surface area contributed by atoms with Crippen LogP contribution in [0.15, 0.2) is 35.9 Å². The molecule has 0 fully saturated rings. The second-order valence-corrected chi connectivity index (χ2v) is 5.70. The first kappa shape index (κ1) is 11.6. The quantitative estimate of drug-likeness (QED) is 0.698. The van der Waals surface area contributed by atoms with Crippen molar-refractivity contribution in [1.82, 2.24) is 4.67 Å². The maximum Gasteiger partial charge on any atom is 0.0130 e. The van der Waals surface area contributed by atoms with Gasteiger partial charge in [-0.25, -0.2) is 0 Å². The Hall–Kier alpha value is -0.910. The van der Waals surface area contributed by atoms with E-state index in [4.69, 9.17) is 0 Å². The summed E-state index contributed by atoms with van der Waals surface area (Å²) in [5.41, 5.74) is 2.66. The second kappa shape index (κ2) is 5.43. The average molecular weight is 231 g/mol. The van der Waals surface area contributed by atoms with Gasteiger partial charge in [0.2, 0.25) is 0 Å². The Morgan fingerprint density at radius 1 is 0.938 bits per heavy atom. The lowest BCUT2D eigenvalue weighted by atomic mass is 10.1. The summed E-state index contributed by atoms with van der Waals surface area (Å²) in [6.45, 7) is 6.69. The first-order valence-electron chi connectivity index (χ1n) is 5.83. The second-order valence-electron chi connectivity index (χ2n) is 3.78. The zero-order valence-corrected chi connectivity index (χ0v) is 10.8. The molecule has 0 bridgehead atoms. The lowest BCUT2D eigenvalue weighted by molar-refractivity contribution is 0.514. The van der Waals surface area contributed by atoms with Crippen molar-refractivity contribution in [2.75, 3.05) is 13.1 Å². The largest absolute Gasteiger partial charge is 0.276 e. The molecule has 0 saturated carbocycles. The first-order valence-corrected chi connectivity index (χ1v) is 7.27. The van der Waals surface area contributed by atoms with E-state index in [0.29, 0.717) is 0 Å². The average Bonchev–Trinajstić information content (AvgIpc) is 2.54. The molecule has 0 N–H and O–H groups in total. The van der Waals surface area contributed by atoms with Crippen LogP contribution >= 0.6 is 8.07 Å². The van der Waals surface area contributed by atoms with E-state index in [1.807, 2.05) is 0 Å². The first-order chi connectivity index (χ1) is 7.85. The van der Waals surface area contributed by atoms with Crippen LogP contribution in [0.2, 0.25) is 0 Å². The highest BCUT2D eigenvalue weighted by atomic mass is 31.1. The highest BCUT2D eigenvalue weighted by Gasteiger charge is 2.11. The standard InChI is InChI=1S/C14H18NP/c1-3-15(4-2)16-11-9-13-7-5-6-8-14(13)10-12-16/h5-12H,3-4H2,1-2H3. The summed E-state index contributed by atoms with van der Waals surface area (Å²) in [5, 5.41) is 0. The van der Waals surface area contributed by atoms with Gasteiger partial charge in [0, 0.05) is 8.07 Å². The van der Waals surface area contributed by atoms with E-state index in [-0.39, 0.29) is 8.07 Å². The van der Waals surface area contributed by atoms with E-state index >= 15 is 0 Å². The summed E-state index contributed by atoms with van der Waals surface area (Å²) >= 11 is 0. The SMILES string of the molecule is CCN(CC)P1C=Cc2ccccc2C=C1. The summed E-state index contributed by atoms with van der Waals surface area (Å²) < 4.78 is 2.51. The molecular formula is C14H18NP. The minimum Gasteiger partial charge on any atom is -0.276 e. The molecule has 0 aliphatic carbocycles. The summed E-state index contributed by atoms with van der Waals surface area (Å²) in [6.07, 6.45) is 4.53. The van der Waals surface area contributed by atoms with E-state index in [9.17, 15) is 0 Å². The Kier molecular flexibility index (Phi) is 3.93. The van der Waals surface area contributed by atoms with E-state index in [0.717, 1.165) is 13.1 Å². The van der Waals surface area contributed by atoms with Crippen molar-refractivity contribution in [3.63, 3.8) is 0 Å². The van der Waals surface area contributed by atoms with Gasteiger partial charge in [0.15, 0.2) is 0 Å². The van der Waals surface area contributed by atoms with Gasteiger partial charge >= 0.3 is 0 Å². The molecule has 1 aromatic rings. The highest BCUT2D eigenvalue weighted by molar-refractivity contribution is 7.62. The van der Waals surface area contributed by atoms with Crippen molar-refractivity contribution < 1.29 is 0 Å². The third kappa shape index (κ3) is 2.42. The van der Waals surface area contributed by atoms with E-state index in [1.165, 1.54) is 11.1 Å². The Labute approximate surface area is 99.3 Å². The van der Waals surface area contributed by atoms with Crippen molar-refractivity contribution in [3.8, 4) is 0 Å². The van der Waals surface area contributed by atoms with Crippen LogP contribution in [0.4, 0.5) is 0 Å². The molecule has 0 aromatic heterocycles. The molecule has 1 aliphatic rings. The lowest BCUT2D eigenvalue weighted by Gasteiger charge is -2.23. The van der Waals surface area contributed by atoms with Crippen LogP contribution in [0.1, 0.15) is 25.0 Å². The number of nitrogens with zero attached hydrogens (tertiary/aromatic N) is 1. The fourth-order valence-electron chi connectivity index (χ4n) is 1.92. The molecule has 1 aromatic carbocycles. The summed E-state index contributed by atoms with van der Waals surface area (Å²) in [5.74, 6) is 4.70. The number of hydrogen-bond acceptors (Lipinski definition) is 1. The van der Waals surface area contributed by atoms with Crippen molar-refractivity contribution in [2.24, 2.45) is 0 Å². The monoisotopic (exact) mass is 231 g/mol. The zero-order valence-electron chi connectivity index (χ0n) is 9.93. The molecule has 1 aliphatic heterocycles. The number of hydrogen-bond donors (Lipinski definition) is 0. The number of rotatable bonds is 3. The van der Waals surface area contributed by atoms with Crippen molar-refractivity contribution >= 4 is 20.2 Å². The van der Waals surface area contributed by atoms with Gasteiger partial charge in [-0.15, -0.1) is 0 Å².